The lowest BCUT2D eigenvalue weighted by molar-refractivity contribution is -0.137. The van der Waals surface area contributed by atoms with Crippen molar-refractivity contribution < 1.29 is 32.2 Å². The van der Waals surface area contributed by atoms with Gasteiger partial charge in [-0.2, -0.15) is 13.2 Å². The monoisotopic (exact) mass is 444 g/mol. The highest BCUT2D eigenvalue weighted by molar-refractivity contribution is 5.91. The van der Waals surface area contributed by atoms with Crippen molar-refractivity contribution in [1.82, 2.24) is 4.90 Å². The van der Waals surface area contributed by atoms with Crippen molar-refractivity contribution >= 4 is 17.7 Å². The van der Waals surface area contributed by atoms with Crippen LogP contribution in [0.3, 0.4) is 0 Å². The maximum absolute atomic E-state index is 13.5. The maximum Gasteiger partial charge on any atom is 0.418 e. The Labute approximate surface area is 181 Å². The van der Waals surface area contributed by atoms with Crippen molar-refractivity contribution in [2.24, 2.45) is 5.92 Å². The molecule has 1 saturated heterocycles. The van der Waals surface area contributed by atoms with Gasteiger partial charge in [0.1, 0.15) is 5.60 Å². The van der Waals surface area contributed by atoms with Crippen LogP contribution >= 0.6 is 0 Å². The van der Waals surface area contributed by atoms with Gasteiger partial charge in [-0.25, -0.2) is 9.59 Å². The van der Waals surface area contributed by atoms with Gasteiger partial charge >= 0.3 is 18.2 Å². The molecule has 1 fully saturated rings. The first kappa shape index (κ1) is 24.8. The average Bonchev–Trinajstić information content (AvgIpc) is 2.66. The van der Waals surface area contributed by atoms with Crippen LogP contribution in [0, 0.1) is 5.92 Å². The molecule has 31 heavy (non-hydrogen) atoms. The molecular formula is C22H31F3N2O4. The summed E-state index contributed by atoms with van der Waals surface area (Å²) in [7, 11) is 1.58. The maximum atomic E-state index is 13.5. The number of carbonyl (C=O) groups is 2. The number of rotatable bonds is 5. The Morgan fingerprint density at radius 3 is 2.29 bits per heavy atom. The molecular weight excluding hydrogens is 413 g/mol. The molecule has 1 aliphatic rings. The van der Waals surface area contributed by atoms with E-state index in [1.165, 1.54) is 11.0 Å². The molecule has 2 rings (SSSR count). The van der Waals surface area contributed by atoms with Crippen molar-refractivity contribution in [3.8, 4) is 0 Å². The van der Waals surface area contributed by atoms with Crippen LogP contribution in [0.4, 0.5) is 23.7 Å². The van der Waals surface area contributed by atoms with Gasteiger partial charge in [-0.3, -0.25) is 0 Å². The number of esters is 1. The van der Waals surface area contributed by atoms with Crippen LogP contribution in [-0.2, 0) is 15.7 Å². The third-order valence-electron chi connectivity index (χ3n) is 5.02. The first-order valence-corrected chi connectivity index (χ1v) is 10.4. The zero-order chi connectivity index (χ0) is 23.4. The van der Waals surface area contributed by atoms with E-state index in [-0.39, 0.29) is 29.9 Å². The summed E-state index contributed by atoms with van der Waals surface area (Å²) >= 11 is 0. The van der Waals surface area contributed by atoms with Gasteiger partial charge in [-0.15, -0.1) is 0 Å². The highest BCUT2D eigenvalue weighted by atomic mass is 19.4. The van der Waals surface area contributed by atoms with E-state index in [0.717, 1.165) is 12.1 Å². The fourth-order valence-electron chi connectivity index (χ4n) is 3.54. The normalized spacial score (nSPS) is 15.5. The van der Waals surface area contributed by atoms with Crippen LogP contribution in [-0.4, -0.2) is 55.9 Å². The van der Waals surface area contributed by atoms with Crippen molar-refractivity contribution in [2.75, 3.05) is 38.2 Å². The molecule has 1 amide bonds. The second kappa shape index (κ2) is 9.78. The number of carbonyl (C=O) groups excluding carboxylic acids is 2. The summed E-state index contributed by atoms with van der Waals surface area (Å²) in [4.78, 5) is 27.4. The second-order valence-corrected chi connectivity index (χ2v) is 8.74. The number of nitrogens with zero attached hydrogens (tertiary/aromatic N) is 2. The summed E-state index contributed by atoms with van der Waals surface area (Å²) in [6, 6.07) is 3.29. The number of ether oxygens (including phenoxy) is 2. The standard InChI is InChI=1S/C22H31F3N2O4/c1-6-30-19(28)16-7-8-17(22(23,24)25)18(13-16)26(5)14-15-9-11-27(12-10-15)20(29)31-21(2,3)4/h7-8,13,15H,6,9-12,14H2,1-5H3. The third kappa shape index (κ3) is 7.04. The molecule has 0 aliphatic carbocycles. The van der Waals surface area contributed by atoms with Crippen LogP contribution in [0.1, 0.15) is 56.5 Å². The number of benzene rings is 1. The lowest BCUT2D eigenvalue weighted by Crippen LogP contribution is -2.43. The lowest BCUT2D eigenvalue weighted by Gasteiger charge is -2.35. The van der Waals surface area contributed by atoms with Crippen LogP contribution in [0.2, 0.25) is 0 Å². The number of likely N-dealkylation sites (tertiary alicyclic amines) is 1. The molecule has 0 spiro atoms. The van der Waals surface area contributed by atoms with E-state index < -0.39 is 23.3 Å². The summed E-state index contributed by atoms with van der Waals surface area (Å²) in [5.41, 5.74) is -1.36. The molecule has 0 unspecified atom stereocenters. The number of alkyl halides is 3. The predicted molar refractivity (Wildman–Crippen MR) is 111 cm³/mol. The minimum absolute atomic E-state index is 0.0624. The Kier molecular flexibility index (Phi) is 7.83. The number of hydrogen-bond acceptors (Lipinski definition) is 5. The Balaban J connectivity index is 2.09. The number of hydrogen-bond donors (Lipinski definition) is 0. The van der Waals surface area contributed by atoms with Gasteiger partial charge in [0.2, 0.25) is 0 Å². The van der Waals surface area contributed by atoms with Crippen LogP contribution < -0.4 is 4.90 Å². The first-order valence-electron chi connectivity index (χ1n) is 10.4. The minimum Gasteiger partial charge on any atom is -0.462 e. The van der Waals surface area contributed by atoms with Gasteiger partial charge in [-0.1, -0.05) is 0 Å². The molecule has 0 N–H and O–H groups in total. The van der Waals surface area contributed by atoms with Crippen molar-refractivity contribution in [3.05, 3.63) is 29.3 Å². The molecule has 1 aromatic carbocycles. The summed E-state index contributed by atoms with van der Waals surface area (Å²) in [5, 5.41) is 0. The molecule has 174 valence electrons. The molecule has 1 aromatic rings. The molecule has 0 atom stereocenters. The second-order valence-electron chi connectivity index (χ2n) is 8.74. The van der Waals surface area contributed by atoms with E-state index >= 15 is 0 Å². The number of halogens is 3. The first-order chi connectivity index (χ1) is 14.3. The number of amides is 1. The summed E-state index contributed by atoms with van der Waals surface area (Å²) in [6.45, 7) is 8.53. The van der Waals surface area contributed by atoms with Gasteiger partial charge < -0.3 is 19.3 Å². The van der Waals surface area contributed by atoms with E-state index in [9.17, 15) is 22.8 Å². The number of piperidine rings is 1. The van der Waals surface area contributed by atoms with Crippen LogP contribution in [0.15, 0.2) is 18.2 Å². The summed E-state index contributed by atoms with van der Waals surface area (Å²) in [5.74, 6) is -0.549. The quantitative estimate of drug-likeness (QED) is 0.601. The summed E-state index contributed by atoms with van der Waals surface area (Å²) < 4.78 is 50.9. The summed E-state index contributed by atoms with van der Waals surface area (Å²) in [6.07, 6.45) is -3.61. The molecule has 0 bridgehead atoms. The van der Waals surface area contributed by atoms with Crippen molar-refractivity contribution in [2.45, 2.75) is 52.3 Å². The van der Waals surface area contributed by atoms with E-state index in [1.807, 2.05) is 0 Å². The third-order valence-corrected chi connectivity index (χ3v) is 5.02. The van der Waals surface area contributed by atoms with Gasteiger partial charge in [0.15, 0.2) is 0 Å². The fourth-order valence-corrected chi connectivity index (χ4v) is 3.54. The molecule has 0 aromatic heterocycles. The van der Waals surface area contributed by atoms with Gasteiger partial charge in [0.05, 0.1) is 17.7 Å². The molecule has 1 heterocycles. The average molecular weight is 444 g/mol. The zero-order valence-electron chi connectivity index (χ0n) is 18.7. The van der Waals surface area contributed by atoms with Gasteiger partial charge in [0, 0.05) is 32.4 Å². The highest BCUT2D eigenvalue weighted by Gasteiger charge is 2.35. The SMILES string of the molecule is CCOC(=O)c1ccc(C(F)(F)F)c(N(C)CC2CCN(C(=O)OC(C)(C)C)CC2)c1. The predicted octanol–water partition coefficient (Wildman–Crippen LogP) is 4.97. The van der Waals surface area contributed by atoms with Crippen LogP contribution in [0.25, 0.3) is 0 Å². The molecule has 0 radical (unpaired) electrons. The highest BCUT2D eigenvalue weighted by Crippen LogP contribution is 2.37. The number of anilines is 1. The molecule has 6 nitrogen and oxygen atoms in total. The van der Waals surface area contributed by atoms with Crippen molar-refractivity contribution in [3.63, 3.8) is 0 Å². The van der Waals surface area contributed by atoms with Crippen LogP contribution in [0.5, 0.6) is 0 Å². The van der Waals surface area contributed by atoms with Gasteiger partial charge in [-0.05, 0) is 64.7 Å². The lowest BCUT2D eigenvalue weighted by atomic mass is 9.96. The molecule has 0 saturated carbocycles. The smallest absolute Gasteiger partial charge is 0.418 e. The zero-order valence-corrected chi connectivity index (χ0v) is 18.7. The molecule has 9 heteroatoms. The Morgan fingerprint density at radius 1 is 1.16 bits per heavy atom. The van der Waals surface area contributed by atoms with E-state index in [1.54, 1.807) is 39.6 Å². The topological polar surface area (TPSA) is 59.1 Å². The Morgan fingerprint density at radius 2 is 1.77 bits per heavy atom. The van der Waals surface area contributed by atoms with E-state index in [0.29, 0.717) is 32.5 Å². The fraction of sp³-hybridized carbons (Fsp3) is 0.636. The van der Waals surface area contributed by atoms with Gasteiger partial charge in [0.25, 0.3) is 0 Å². The Bertz CT molecular complexity index is 782. The van der Waals surface area contributed by atoms with E-state index in [4.69, 9.17) is 9.47 Å². The molecule has 1 aliphatic heterocycles. The Hall–Kier alpha value is -2.45. The van der Waals surface area contributed by atoms with E-state index in [2.05, 4.69) is 0 Å². The largest absolute Gasteiger partial charge is 0.462 e. The van der Waals surface area contributed by atoms with Crippen molar-refractivity contribution in [1.29, 1.82) is 0 Å². The minimum atomic E-state index is -4.54.